The van der Waals surface area contributed by atoms with Gasteiger partial charge in [-0.25, -0.2) is 9.59 Å². The first kappa shape index (κ1) is 7.76. The zero-order chi connectivity index (χ0) is 8.27. The quantitative estimate of drug-likeness (QED) is 0.289. The van der Waals surface area contributed by atoms with Gasteiger partial charge >= 0.3 is 11.9 Å². The summed E-state index contributed by atoms with van der Waals surface area (Å²) in [6, 6.07) is 0. The predicted molar refractivity (Wildman–Crippen MR) is 34.3 cm³/mol. The molecular weight excluding hydrogens is 148 g/mol. The second-order valence-electron chi connectivity index (χ2n) is 2.00. The molecule has 58 valence electrons. The molecule has 4 heteroatoms. The Hall–Kier alpha value is -1.34. The van der Waals surface area contributed by atoms with Crippen LogP contribution >= 0.6 is 0 Å². The van der Waals surface area contributed by atoms with Crippen LogP contribution in [-0.2, 0) is 19.1 Å². The van der Waals surface area contributed by atoms with Gasteiger partial charge in [0.05, 0.1) is 0 Å². The monoisotopic (exact) mass is 154 g/mol. The Balaban J connectivity index is 2.52. The van der Waals surface area contributed by atoms with Crippen LogP contribution in [-0.4, -0.2) is 24.6 Å². The van der Waals surface area contributed by atoms with Crippen LogP contribution < -0.4 is 0 Å². The van der Waals surface area contributed by atoms with E-state index in [1.165, 1.54) is 0 Å². The van der Waals surface area contributed by atoms with Gasteiger partial charge in [-0.2, -0.15) is 0 Å². The van der Waals surface area contributed by atoms with Crippen LogP contribution in [0.25, 0.3) is 0 Å². The molecule has 0 aromatic carbocycles. The number of carbonyl (C=O) groups is 2. The Morgan fingerprint density at radius 3 is 2.91 bits per heavy atom. The molecular formula is C7H6O4. The van der Waals surface area contributed by atoms with Gasteiger partial charge in [0.2, 0.25) is 0 Å². The van der Waals surface area contributed by atoms with Gasteiger partial charge in [-0.15, -0.1) is 12.3 Å². The highest BCUT2D eigenvalue weighted by atomic mass is 16.6. The van der Waals surface area contributed by atoms with E-state index in [4.69, 9.17) is 11.2 Å². The van der Waals surface area contributed by atoms with E-state index in [0.717, 1.165) is 0 Å². The van der Waals surface area contributed by atoms with Crippen LogP contribution in [0.4, 0.5) is 0 Å². The minimum absolute atomic E-state index is 0.145. The highest BCUT2D eigenvalue weighted by Gasteiger charge is 2.28. The molecule has 4 nitrogen and oxygen atoms in total. The van der Waals surface area contributed by atoms with E-state index in [1.807, 2.05) is 0 Å². The molecule has 0 aliphatic carbocycles. The van der Waals surface area contributed by atoms with Gasteiger partial charge in [-0.3, -0.25) is 0 Å². The third kappa shape index (κ3) is 1.79. The minimum Gasteiger partial charge on any atom is -0.389 e. The average Bonchev–Trinajstić information content (AvgIpc) is 1.95. The van der Waals surface area contributed by atoms with Crippen molar-refractivity contribution in [2.24, 2.45) is 0 Å². The first-order valence-corrected chi connectivity index (χ1v) is 3.03. The van der Waals surface area contributed by atoms with E-state index in [0.29, 0.717) is 0 Å². The van der Waals surface area contributed by atoms with Crippen LogP contribution in [0, 0.1) is 12.3 Å². The second kappa shape index (κ2) is 3.17. The maximum atomic E-state index is 10.7. The lowest BCUT2D eigenvalue weighted by Crippen LogP contribution is -2.37. The zero-order valence-electron chi connectivity index (χ0n) is 5.70. The molecule has 0 aromatic heterocycles. The molecule has 0 N–H and O–H groups in total. The number of carbonyl (C=O) groups excluding carboxylic acids is 2. The summed E-state index contributed by atoms with van der Waals surface area (Å²) < 4.78 is 9.03. The normalized spacial score (nSPS) is 24.1. The first-order chi connectivity index (χ1) is 5.24. The fourth-order valence-electron chi connectivity index (χ4n) is 0.693. The van der Waals surface area contributed by atoms with Gasteiger partial charge in [0.25, 0.3) is 0 Å². The van der Waals surface area contributed by atoms with Crippen LogP contribution in [0.5, 0.6) is 0 Å². The minimum atomic E-state index is -0.766. The number of hydrogen-bond donors (Lipinski definition) is 0. The lowest BCUT2D eigenvalue weighted by atomic mass is 10.2. The number of cyclic esters (lactones) is 2. The molecule has 0 saturated carbocycles. The van der Waals surface area contributed by atoms with Gasteiger partial charge in [0, 0.05) is 6.42 Å². The summed E-state index contributed by atoms with van der Waals surface area (Å²) in [6.45, 7) is -0.196. The number of terminal acetylenes is 1. The maximum Gasteiger partial charge on any atom is 0.343 e. The van der Waals surface area contributed by atoms with Gasteiger partial charge in [-0.1, -0.05) is 0 Å². The van der Waals surface area contributed by atoms with Crippen molar-refractivity contribution in [2.45, 2.75) is 12.5 Å². The molecule has 1 aliphatic rings. The summed E-state index contributed by atoms with van der Waals surface area (Å²) in [5.74, 6) is 0.887. The van der Waals surface area contributed by atoms with Crippen LogP contribution in [0.2, 0.25) is 0 Å². The molecule has 0 aromatic rings. The predicted octanol–water partition coefficient (Wildman–Crippen LogP) is -0.522. The van der Waals surface area contributed by atoms with E-state index in [1.54, 1.807) is 0 Å². The molecule has 1 unspecified atom stereocenters. The molecule has 1 fully saturated rings. The van der Waals surface area contributed by atoms with Gasteiger partial charge < -0.3 is 9.47 Å². The van der Waals surface area contributed by atoms with Crippen LogP contribution in [0.3, 0.4) is 0 Å². The van der Waals surface area contributed by atoms with E-state index in [-0.39, 0.29) is 13.0 Å². The Morgan fingerprint density at radius 2 is 2.36 bits per heavy atom. The number of esters is 2. The lowest BCUT2D eigenvalue weighted by molar-refractivity contribution is -0.182. The van der Waals surface area contributed by atoms with Gasteiger partial charge in [0.15, 0.2) is 6.10 Å². The highest BCUT2D eigenvalue weighted by Crippen LogP contribution is 2.06. The maximum absolute atomic E-state index is 10.7. The van der Waals surface area contributed by atoms with E-state index in [2.05, 4.69) is 10.7 Å². The summed E-state index contributed by atoms with van der Waals surface area (Å²) >= 11 is 0. The molecule has 1 saturated heterocycles. The van der Waals surface area contributed by atoms with E-state index < -0.39 is 18.0 Å². The standard InChI is InChI=1S/C7H6O4/c1-2-3-5-7(9)11-6(8)4-10-5/h1,5H,3-4H2. The first-order valence-electron chi connectivity index (χ1n) is 3.03. The van der Waals surface area contributed by atoms with Crippen molar-refractivity contribution in [3.63, 3.8) is 0 Å². The molecule has 11 heavy (non-hydrogen) atoms. The van der Waals surface area contributed by atoms with Gasteiger partial charge in [0.1, 0.15) is 6.61 Å². The average molecular weight is 154 g/mol. The van der Waals surface area contributed by atoms with E-state index in [9.17, 15) is 9.59 Å². The fourth-order valence-corrected chi connectivity index (χ4v) is 0.693. The van der Waals surface area contributed by atoms with Crippen molar-refractivity contribution in [1.29, 1.82) is 0 Å². The molecule has 0 spiro atoms. The SMILES string of the molecule is C#CCC1OCC(=O)OC1=O. The summed E-state index contributed by atoms with van der Waals surface area (Å²) in [4.78, 5) is 21.1. The fraction of sp³-hybridized carbons (Fsp3) is 0.429. The largest absolute Gasteiger partial charge is 0.389 e. The topological polar surface area (TPSA) is 52.6 Å². The zero-order valence-corrected chi connectivity index (χ0v) is 5.70. The number of rotatable bonds is 1. The van der Waals surface area contributed by atoms with Crippen molar-refractivity contribution in [3.8, 4) is 12.3 Å². The van der Waals surface area contributed by atoms with Crippen molar-refractivity contribution in [2.75, 3.05) is 6.61 Å². The summed E-state index contributed by atoms with van der Waals surface area (Å²) in [7, 11) is 0. The summed E-state index contributed by atoms with van der Waals surface area (Å²) in [5, 5.41) is 0. The molecule has 0 bridgehead atoms. The van der Waals surface area contributed by atoms with Crippen LogP contribution in [0.15, 0.2) is 0 Å². The Kier molecular flexibility index (Phi) is 2.24. The third-order valence-corrected chi connectivity index (χ3v) is 1.18. The molecule has 0 radical (unpaired) electrons. The van der Waals surface area contributed by atoms with Crippen molar-refractivity contribution < 1.29 is 19.1 Å². The number of hydrogen-bond acceptors (Lipinski definition) is 4. The lowest BCUT2D eigenvalue weighted by Gasteiger charge is -2.17. The van der Waals surface area contributed by atoms with Crippen molar-refractivity contribution >= 4 is 11.9 Å². The Labute approximate surface area is 63.5 Å². The molecule has 1 rings (SSSR count). The number of ether oxygens (including phenoxy) is 2. The van der Waals surface area contributed by atoms with Crippen molar-refractivity contribution in [3.05, 3.63) is 0 Å². The summed E-state index contributed by atoms with van der Waals surface area (Å²) in [5.41, 5.74) is 0. The second-order valence-corrected chi connectivity index (χ2v) is 2.00. The highest BCUT2D eigenvalue weighted by molar-refractivity contribution is 5.90. The third-order valence-electron chi connectivity index (χ3n) is 1.18. The smallest absolute Gasteiger partial charge is 0.343 e. The molecule has 1 atom stereocenters. The molecule has 1 aliphatic heterocycles. The molecule has 1 heterocycles. The van der Waals surface area contributed by atoms with Crippen LogP contribution in [0.1, 0.15) is 6.42 Å². The summed E-state index contributed by atoms with van der Waals surface area (Å²) in [6.07, 6.45) is 4.31. The van der Waals surface area contributed by atoms with Crippen molar-refractivity contribution in [1.82, 2.24) is 0 Å². The Morgan fingerprint density at radius 1 is 1.64 bits per heavy atom. The Bertz CT molecular complexity index is 225. The van der Waals surface area contributed by atoms with Gasteiger partial charge in [-0.05, 0) is 0 Å². The van der Waals surface area contributed by atoms with E-state index >= 15 is 0 Å². The molecule has 0 amide bonds.